The molecule has 0 aliphatic rings. The molecule has 0 fully saturated rings. The normalized spacial score (nSPS) is 10.7. The van der Waals surface area contributed by atoms with Gasteiger partial charge in [0.05, 0.1) is 19.2 Å². The van der Waals surface area contributed by atoms with E-state index in [9.17, 15) is 4.79 Å². The Morgan fingerprint density at radius 2 is 1.83 bits per heavy atom. The standard InChI is InChI=1S/C24H21N3O2S/c1-15-11-18(9-10-26-15)20-8-3-16(13-23(25)28)12-21(20)24-27-22(14-30-24)17-4-6-19(29-2)7-5-17/h3-12,14H,13H2,1-2H3,(H2,25,28). The summed E-state index contributed by atoms with van der Waals surface area (Å²) in [6, 6.07) is 17.8. The maximum atomic E-state index is 11.4. The average Bonchev–Trinajstić information content (AvgIpc) is 3.23. The maximum Gasteiger partial charge on any atom is 0.221 e. The minimum atomic E-state index is -0.355. The number of methoxy groups -OCH3 is 1. The molecule has 2 aromatic heterocycles. The van der Waals surface area contributed by atoms with E-state index in [-0.39, 0.29) is 12.3 Å². The summed E-state index contributed by atoms with van der Waals surface area (Å²) in [4.78, 5) is 20.6. The first-order valence-electron chi connectivity index (χ1n) is 9.48. The van der Waals surface area contributed by atoms with Crippen LogP contribution in [0.15, 0.2) is 66.2 Å². The molecule has 0 spiro atoms. The number of primary amides is 1. The summed E-state index contributed by atoms with van der Waals surface area (Å²) in [5.41, 5.74) is 12.2. The van der Waals surface area contributed by atoms with Crippen LogP contribution in [0.4, 0.5) is 0 Å². The first kappa shape index (κ1) is 19.8. The van der Waals surface area contributed by atoms with Gasteiger partial charge in [0, 0.05) is 28.4 Å². The van der Waals surface area contributed by atoms with Crippen molar-refractivity contribution in [3.05, 3.63) is 77.4 Å². The molecule has 2 heterocycles. The third-order valence-electron chi connectivity index (χ3n) is 4.79. The van der Waals surface area contributed by atoms with Gasteiger partial charge in [0.1, 0.15) is 10.8 Å². The van der Waals surface area contributed by atoms with E-state index >= 15 is 0 Å². The Balaban J connectivity index is 1.79. The van der Waals surface area contributed by atoms with Gasteiger partial charge in [-0.25, -0.2) is 4.98 Å². The first-order valence-corrected chi connectivity index (χ1v) is 10.4. The van der Waals surface area contributed by atoms with Crippen molar-refractivity contribution in [1.82, 2.24) is 9.97 Å². The molecule has 0 bridgehead atoms. The molecule has 6 heteroatoms. The number of carbonyl (C=O) groups excluding carboxylic acids is 1. The van der Waals surface area contributed by atoms with Crippen molar-refractivity contribution in [1.29, 1.82) is 0 Å². The van der Waals surface area contributed by atoms with Gasteiger partial charge in [-0.2, -0.15) is 0 Å². The fraction of sp³-hybridized carbons (Fsp3) is 0.125. The molecule has 150 valence electrons. The van der Waals surface area contributed by atoms with E-state index < -0.39 is 0 Å². The van der Waals surface area contributed by atoms with E-state index in [4.69, 9.17) is 15.5 Å². The Morgan fingerprint density at radius 3 is 2.53 bits per heavy atom. The van der Waals surface area contributed by atoms with Gasteiger partial charge in [0.2, 0.25) is 5.91 Å². The van der Waals surface area contributed by atoms with Crippen LogP contribution in [0.3, 0.4) is 0 Å². The lowest BCUT2D eigenvalue weighted by atomic mass is 9.97. The molecule has 0 unspecified atom stereocenters. The van der Waals surface area contributed by atoms with Crippen LogP contribution in [0, 0.1) is 6.92 Å². The highest BCUT2D eigenvalue weighted by atomic mass is 32.1. The molecule has 1 amide bonds. The van der Waals surface area contributed by atoms with Gasteiger partial charge in [-0.3, -0.25) is 9.78 Å². The Kier molecular flexibility index (Phi) is 5.59. The molecule has 0 saturated carbocycles. The summed E-state index contributed by atoms with van der Waals surface area (Å²) < 4.78 is 5.24. The first-order chi connectivity index (χ1) is 14.5. The average molecular weight is 416 g/mol. The number of hydrogen-bond donors (Lipinski definition) is 1. The fourth-order valence-corrected chi connectivity index (χ4v) is 4.20. The predicted octanol–water partition coefficient (Wildman–Crippen LogP) is 4.88. The topological polar surface area (TPSA) is 78.1 Å². The molecule has 0 radical (unpaired) electrons. The van der Waals surface area contributed by atoms with Gasteiger partial charge in [-0.05, 0) is 66.1 Å². The molecular formula is C24H21N3O2S. The van der Waals surface area contributed by atoms with Crippen molar-refractivity contribution >= 4 is 17.2 Å². The van der Waals surface area contributed by atoms with E-state index in [1.54, 1.807) is 24.6 Å². The van der Waals surface area contributed by atoms with Gasteiger partial charge in [0.15, 0.2) is 0 Å². The van der Waals surface area contributed by atoms with Crippen LogP contribution < -0.4 is 10.5 Å². The fourth-order valence-electron chi connectivity index (χ4n) is 3.34. The number of benzene rings is 2. The number of nitrogens with two attached hydrogens (primary N) is 1. The van der Waals surface area contributed by atoms with Gasteiger partial charge in [-0.1, -0.05) is 12.1 Å². The van der Waals surface area contributed by atoms with Crippen molar-refractivity contribution in [3.8, 4) is 38.7 Å². The highest BCUT2D eigenvalue weighted by molar-refractivity contribution is 7.13. The van der Waals surface area contributed by atoms with Crippen LogP contribution in [0.5, 0.6) is 5.75 Å². The molecular weight excluding hydrogens is 394 g/mol. The summed E-state index contributed by atoms with van der Waals surface area (Å²) in [7, 11) is 1.65. The molecule has 0 saturated heterocycles. The van der Waals surface area contributed by atoms with Gasteiger partial charge in [-0.15, -0.1) is 11.3 Å². The third-order valence-corrected chi connectivity index (χ3v) is 5.67. The second-order valence-electron chi connectivity index (χ2n) is 6.98. The molecule has 2 N–H and O–H groups in total. The zero-order chi connectivity index (χ0) is 21.1. The van der Waals surface area contributed by atoms with Crippen LogP contribution >= 0.6 is 11.3 Å². The zero-order valence-electron chi connectivity index (χ0n) is 16.8. The number of aromatic nitrogens is 2. The van der Waals surface area contributed by atoms with Crippen LogP contribution in [0.25, 0.3) is 33.0 Å². The number of carbonyl (C=O) groups is 1. The Bertz CT molecular complexity index is 1200. The lowest BCUT2D eigenvalue weighted by molar-refractivity contribution is -0.117. The quantitative estimate of drug-likeness (QED) is 0.487. The largest absolute Gasteiger partial charge is 0.497 e. The summed E-state index contributed by atoms with van der Waals surface area (Å²) in [5.74, 6) is 0.454. The van der Waals surface area contributed by atoms with Crippen LogP contribution in [-0.4, -0.2) is 23.0 Å². The highest BCUT2D eigenvalue weighted by Gasteiger charge is 2.14. The molecule has 5 nitrogen and oxygen atoms in total. The van der Waals surface area contributed by atoms with E-state index in [1.165, 1.54) is 0 Å². The Labute approximate surface area is 179 Å². The van der Waals surface area contributed by atoms with Crippen LogP contribution in [0.1, 0.15) is 11.3 Å². The Morgan fingerprint density at radius 1 is 1.03 bits per heavy atom. The minimum Gasteiger partial charge on any atom is -0.497 e. The van der Waals surface area contributed by atoms with Crippen molar-refractivity contribution < 1.29 is 9.53 Å². The molecule has 0 aliphatic heterocycles. The van der Waals surface area contributed by atoms with Gasteiger partial charge in [0.25, 0.3) is 0 Å². The van der Waals surface area contributed by atoms with Crippen LogP contribution in [-0.2, 0) is 11.2 Å². The number of aryl methyl sites for hydroxylation is 1. The lowest BCUT2D eigenvalue weighted by Gasteiger charge is -2.11. The highest BCUT2D eigenvalue weighted by Crippen LogP contribution is 2.37. The lowest BCUT2D eigenvalue weighted by Crippen LogP contribution is -2.13. The molecule has 0 aliphatic carbocycles. The van der Waals surface area contributed by atoms with E-state index in [0.717, 1.165) is 50.0 Å². The molecule has 4 aromatic rings. The number of nitrogens with zero attached hydrogens (tertiary/aromatic N) is 2. The monoisotopic (exact) mass is 415 g/mol. The van der Waals surface area contributed by atoms with E-state index in [1.807, 2.05) is 66.9 Å². The number of thiazole rings is 1. The molecule has 0 atom stereocenters. The summed E-state index contributed by atoms with van der Waals surface area (Å²) in [6.07, 6.45) is 2.00. The van der Waals surface area contributed by atoms with Crippen molar-refractivity contribution in [2.24, 2.45) is 5.73 Å². The number of hydrogen-bond acceptors (Lipinski definition) is 5. The van der Waals surface area contributed by atoms with Crippen molar-refractivity contribution in [2.45, 2.75) is 13.3 Å². The minimum absolute atomic E-state index is 0.194. The summed E-state index contributed by atoms with van der Waals surface area (Å²) >= 11 is 1.57. The zero-order valence-corrected chi connectivity index (χ0v) is 17.6. The predicted molar refractivity (Wildman–Crippen MR) is 120 cm³/mol. The number of amides is 1. The summed E-state index contributed by atoms with van der Waals surface area (Å²) in [5, 5.41) is 2.93. The van der Waals surface area contributed by atoms with Gasteiger partial charge >= 0.3 is 0 Å². The van der Waals surface area contributed by atoms with Crippen LogP contribution in [0.2, 0.25) is 0 Å². The number of ether oxygens (including phenoxy) is 1. The Hall–Kier alpha value is -3.51. The second-order valence-corrected chi connectivity index (χ2v) is 7.83. The van der Waals surface area contributed by atoms with E-state index in [0.29, 0.717) is 0 Å². The molecule has 2 aromatic carbocycles. The van der Waals surface area contributed by atoms with Gasteiger partial charge < -0.3 is 10.5 Å². The number of rotatable bonds is 6. The smallest absolute Gasteiger partial charge is 0.221 e. The SMILES string of the molecule is COc1ccc(-c2csc(-c3cc(CC(N)=O)ccc3-c3ccnc(C)c3)n2)cc1. The van der Waals surface area contributed by atoms with Crippen molar-refractivity contribution in [2.75, 3.05) is 7.11 Å². The molecule has 4 rings (SSSR count). The molecule has 30 heavy (non-hydrogen) atoms. The van der Waals surface area contributed by atoms with Crippen molar-refractivity contribution in [3.63, 3.8) is 0 Å². The third kappa shape index (κ3) is 4.23. The second kappa shape index (κ2) is 8.47. The maximum absolute atomic E-state index is 11.4. The summed E-state index contributed by atoms with van der Waals surface area (Å²) in [6.45, 7) is 1.97. The van der Waals surface area contributed by atoms with E-state index in [2.05, 4.69) is 4.98 Å². The number of pyridine rings is 1.